The van der Waals surface area contributed by atoms with Crippen LogP contribution in [-0.4, -0.2) is 18.7 Å². The molecule has 1 heterocycles. The van der Waals surface area contributed by atoms with Crippen LogP contribution in [0.2, 0.25) is 5.02 Å². The van der Waals surface area contributed by atoms with E-state index in [1.165, 1.54) is 11.8 Å². The van der Waals surface area contributed by atoms with Gasteiger partial charge in [0.15, 0.2) is 6.61 Å². The third kappa shape index (κ3) is 5.74. The van der Waals surface area contributed by atoms with E-state index in [0.29, 0.717) is 28.2 Å². The van der Waals surface area contributed by atoms with Gasteiger partial charge in [-0.25, -0.2) is 5.43 Å². The van der Waals surface area contributed by atoms with Crippen LogP contribution in [0.15, 0.2) is 64.1 Å². The first kappa shape index (κ1) is 21.7. The molecule has 1 aromatic heterocycles. The summed E-state index contributed by atoms with van der Waals surface area (Å²) in [5.41, 5.74) is 5.57. The normalized spacial score (nSPS) is 12.1. The zero-order valence-electron chi connectivity index (χ0n) is 17.3. The number of rotatable bonds is 8. The van der Waals surface area contributed by atoms with E-state index in [4.69, 9.17) is 20.8 Å². The molecule has 3 rings (SSSR count). The Morgan fingerprint density at radius 2 is 1.97 bits per heavy atom. The number of halogens is 1. The van der Waals surface area contributed by atoms with Gasteiger partial charge in [0.25, 0.3) is 5.91 Å². The van der Waals surface area contributed by atoms with Crippen molar-refractivity contribution >= 4 is 23.7 Å². The highest BCUT2D eigenvalue weighted by Crippen LogP contribution is 2.26. The molecule has 0 aliphatic heterocycles. The predicted octanol–water partition coefficient (Wildman–Crippen LogP) is 5.95. The molecule has 2 aromatic carbocycles. The molecule has 0 unspecified atom stereocenters. The molecule has 1 N–H and O–H groups in total. The number of nitrogens with one attached hydrogen (secondary N) is 1. The van der Waals surface area contributed by atoms with Crippen molar-refractivity contribution in [3.05, 3.63) is 76.5 Å². The Hall–Kier alpha value is -3.05. The molecule has 0 aliphatic carbocycles. The van der Waals surface area contributed by atoms with Crippen molar-refractivity contribution in [1.29, 1.82) is 0 Å². The van der Waals surface area contributed by atoms with Crippen LogP contribution in [0.4, 0.5) is 0 Å². The molecule has 30 heavy (non-hydrogen) atoms. The molecule has 6 heteroatoms. The lowest BCUT2D eigenvalue weighted by Crippen LogP contribution is -2.24. The number of ether oxygens (including phenoxy) is 1. The van der Waals surface area contributed by atoms with Crippen molar-refractivity contribution in [2.45, 2.75) is 33.1 Å². The van der Waals surface area contributed by atoms with Gasteiger partial charge in [-0.3, -0.25) is 4.79 Å². The summed E-state index contributed by atoms with van der Waals surface area (Å²) in [4.78, 5) is 11.9. The minimum Gasteiger partial charge on any atom is -0.484 e. The summed E-state index contributed by atoms with van der Waals surface area (Å²) >= 11 is 6.16. The van der Waals surface area contributed by atoms with Gasteiger partial charge in [-0.1, -0.05) is 49.7 Å². The number of benzene rings is 2. The van der Waals surface area contributed by atoms with Crippen LogP contribution >= 0.6 is 11.6 Å². The fourth-order valence-electron chi connectivity index (χ4n) is 2.80. The van der Waals surface area contributed by atoms with Crippen LogP contribution in [-0.2, 0) is 4.79 Å². The molecule has 156 valence electrons. The molecule has 0 aliphatic rings. The average Bonchev–Trinajstić information content (AvgIpc) is 3.23. The molecular formula is C24H25ClN2O3. The van der Waals surface area contributed by atoms with E-state index in [9.17, 15) is 4.79 Å². The maximum absolute atomic E-state index is 11.9. The molecule has 1 atom stereocenters. The minimum absolute atomic E-state index is 0.120. The van der Waals surface area contributed by atoms with Crippen molar-refractivity contribution in [3.8, 4) is 17.1 Å². The van der Waals surface area contributed by atoms with E-state index < -0.39 is 0 Å². The number of hydrazone groups is 1. The molecule has 0 saturated carbocycles. The van der Waals surface area contributed by atoms with Crippen molar-refractivity contribution in [3.63, 3.8) is 0 Å². The molecule has 0 fully saturated rings. The van der Waals surface area contributed by atoms with Crippen LogP contribution < -0.4 is 10.2 Å². The lowest BCUT2D eigenvalue weighted by molar-refractivity contribution is -0.123. The Kier molecular flexibility index (Phi) is 7.31. The number of nitrogens with zero attached hydrogens (tertiary/aromatic N) is 1. The molecule has 3 aromatic rings. The first-order valence-electron chi connectivity index (χ1n) is 9.87. The van der Waals surface area contributed by atoms with Gasteiger partial charge in [-0.2, -0.15) is 5.10 Å². The molecule has 1 amide bonds. The number of aryl methyl sites for hydroxylation is 1. The summed E-state index contributed by atoms with van der Waals surface area (Å²) in [6.45, 7) is 6.16. The quantitative estimate of drug-likeness (QED) is 0.359. The molecule has 0 saturated heterocycles. The van der Waals surface area contributed by atoms with E-state index in [-0.39, 0.29) is 12.5 Å². The average molecular weight is 425 g/mol. The van der Waals surface area contributed by atoms with Gasteiger partial charge in [0.05, 0.1) is 6.21 Å². The van der Waals surface area contributed by atoms with Gasteiger partial charge in [0, 0.05) is 10.6 Å². The van der Waals surface area contributed by atoms with Crippen molar-refractivity contribution in [2.75, 3.05) is 6.61 Å². The predicted molar refractivity (Wildman–Crippen MR) is 120 cm³/mol. The Bertz CT molecular complexity index is 1030. The fourth-order valence-corrected chi connectivity index (χ4v) is 2.98. The van der Waals surface area contributed by atoms with Gasteiger partial charge in [-0.15, -0.1) is 0 Å². The zero-order valence-corrected chi connectivity index (χ0v) is 18.1. The van der Waals surface area contributed by atoms with Crippen LogP contribution in [0.25, 0.3) is 11.3 Å². The molecule has 0 radical (unpaired) electrons. The summed E-state index contributed by atoms with van der Waals surface area (Å²) in [6, 6.07) is 17.1. The zero-order chi connectivity index (χ0) is 21.5. The monoisotopic (exact) mass is 424 g/mol. The molecule has 5 nitrogen and oxygen atoms in total. The SMILES string of the molecule is CC[C@@H](C)c1ccc(OCC(=O)N/N=C/c2ccc(-c3ccc(C)c(Cl)c3)o2)cc1. The van der Waals surface area contributed by atoms with Gasteiger partial charge in [-0.05, 0) is 60.7 Å². The van der Waals surface area contributed by atoms with E-state index in [1.54, 1.807) is 6.07 Å². The van der Waals surface area contributed by atoms with Gasteiger partial charge >= 0.3 is 0 Å². The third-order valence-corrected chi connectivity index (χ3v) is 5.30. The summed E-state index contributed by atoms with van der Waals surface area (Å²) in [5, 5.41) is 4.60. The molecular weight excluding hydrogens is 400 g/mol. The Labute approximate surface area is 181 Å². The number of amides is 1. The number of carbonyl (C=O) groups is 1. The van der Waals surface area contributed by atoms with Crippen molar-refractivity contribution in [1.82, 2.24) is 5.43 Å². The Balaban J connectivity index is 1.49. The number of hydrogen-bond acceptors (Lipinski definition) is 4. The Morgan fingerprint density at radius 3 is 2.67 bits per heavy atom. The maximum Gasteiger partial charge on any atom is 0.277 e. The number of carbonyl (C=O) groups excluding carboxylic acids is 1. The topological polar surface area (TPSA) is 63.8 Å². The first-order chi connectivity index (χ1) is 14.5. The van der Waals surface area contributed by atoms with E-state index >= 15 is 0 Å². The van der Waals surface area contributed by atoms with Crippen LogP contribution in [0.1, 0.15) is 43.1 Å². The fraction of sp³-hybridized carbons (Fsp3) is 0.250. The maximum atomic E-state index is 11.9. The van der Waals surface area contributed by atoms with Crippen LogP contribution in [0.3, 0.4) is 0 Å². The second kappa shape index (κ2) is 10.1. The van der Waals surface area contributed by atoms with Gasteiger partial charge in [0.2, 0.25) is 0 Å². The largest absolute Gasteiger partial charge is 0.484 e. The van der Waals surface area contributed by atoms with Crippen LogP contribution in [0, 0.1) is 6.92 Å². The highest BCUT2D eigenvalue weighted by molar-refractivity contribution is 6.31. The second-order valence-corrected chi connectivity index (χ2v) is 7.53. The highest BCUT2D eigenvalue weighted by atomic mass is 35.5. The van der Waals surface area contributed by atoms with E-state index in [1.807, 2.05) is 55.5 Å². The van der Waals surface area contributed by atoms with E-state index in [2.05, 4.69) is 24.4 Å². The summed E-state index contributed by atoms with van der Waals surface area (Å²) in [5.74, 6) is 1.99. The van der Waals surface area contributed by atoms with E-state index in [0.717, 1.165) is 17.5 Å². The standard InChI is InChI=1S/C24H25ClN2O3/c1-4-16(2)18-7-9-20(10-8-18)29-15-24(28)27-26-14-21-11-12-23(30-21)19-6-5-17(3)22(25)13-19/h5-14,16H,4,15H2,1-3H3,(H,27,28)/b26-14+/t16-/m1/s1. The number of hydrogen-bond donors (Lipinski definition) is 1. The lowest BCUT2D eigenvalue weighted by Gasteiger charge is -2.10. The summed E-state index contributed by atoms with van der Waals surface area (Å²) in [6.07, 6.45) is 2.52. The Morgan fingerprint density at radius 1 is 1.20 bits per heavy atom. The summed E-state index contributed by atoms with van der Waals surface area (Å²) in [7, 11) is 0. The third-order valence-electron chi connectivity index (χ3n) is 4.90. The second-order valence-electron chi connectivity index (χ2n) is 7.13. The summed E-state index contributed by atoms with van der Waals surface area (Å²) < 4.78 is 11.2. The number of furan rings is 1. The highest BCUT2D eigenvalue weighted by Gasteiger charge is 2.07. The lowest BCUT2D eigenvalue weighted by atomic mass is 9.99. The van der Waals surface area contributed by atoms with Crippen molar-refractivity contribution in [2.24, 2.45) is 5.10 Å². The van der Waals surface area contributed by atoms with Crippen molar-refractivity contribution < 1.29 is 13.9 Å². The molecule has 0 spiro atoms. The van der Waals surface area contributed by atoms with Gasteiger partial charge < -0.3 is 9.15 Å². The minimum atomic E-state index is -0.352. The first-order valence-corrected chi connectivity index (χ1v) is 10.2. The van der Waals surface area contributed by atoms with Gasteiger partial charge in [0.1, 0.15) is 17.3 Å². The molecule has 0 bridgehead atoms. The van der Waals surface area contributed by atoms with Crippen LogP contribution in [0.5, 0.6) is 5.75 Å². The smallest absolute Gasteiger partial charge is 0.277 e.